The Morgan fingerprint density at radius 1 is 1.03 bits per heavy atom. The molecule has 1 aliphatic heterocycles. The van der Waals surface area contributed by atoms with E-state index < -0.39 is 11.7 Å². The number of ether oxygens (including phenoxy) is 1. The quantitative estimate of drug-likeness (QED) is 0.288. The number of aliphatic imine (C=N–C) groups is 1. The maximum Gasteiger partial charge on any atom is 0.416 e. The van der Waals surface area contributed by atoms with Crippen LogP contribution in [0.2, 0.25) is 0 Å². The fourth-order valence-corrected chi connectivity index (χ4v) is 4.08. The van der Waals surface area contributed by atoms with E-state index in [0.29, 0.717) is 11.5 Å². The van der Waals surface area contributed by atoms with Gasteiger partial charge in [-0.2, -0.15) is 13.2 Å². The van der Waals surface area contributed by atoms with Crippen molar-refractivity contribution in [2.75, 3.05) is 6.61 Å². The number of hydrogen-bond donors (Lipinski definition) is 1. The van der Waals surface area contributed by atoms with E-state index in [2.05, 4.69) is 17.2 Å². The summed E-state index contributed by atoms with van der Waals surface area (Å²) in [4.78, 5) is 16.8. The Bertz CT molecular complexity index is 1000. The topological polar surface area (TPSA) is 50.7 Å². The number of thioether (sulfide) groups is 1. The third-order valence-corrected chi connectivity index (χ3v) is 5.91. The standard InChI is InChI=1S/C25H27F3N2O2S/c1-2-3-4-5-6-7-15-32-21-13-11-18(12-14-21)16-22-23(31)30-24(33-22)29-20-10-8-9-19(17-20)25(26,27)28/h8-14,16-17H,2-7,15H2,1H3,(H,29,30,31)/b22-16-. The van der Waals surface area contributed by atoms with Gasteiger partial charge in [0.15, 0.2) is 5.17 Å². The Kier molecular flexibility index (Phi) is 9.00. The van der Waals surface area contributed by atoms with Crippen LogP contribution in [0.5, 0.6) is 5.75 Å². The van der Waals surface area contributed by atoms with Crippen molar-refractivity contribution in [1.82, 2.24) is 5.32 Å². The zero-order chi connectivity index (χ0) is 23.7. The van der Waals surface area contributed by atoms with Crippen LogP contribution in [0.25, 0.3) is 6.08 Å². The SMILES string of the molecule is CCCCCCCCOc1ccc(/C=C2\SC(=Nc3cccc(C(F)(F)F)c3)NC2=O)cc1. The van der Waals surface area contributed by atoms with Crippen molar-refractivity contribution < 1.29 is 22.7 Å². The Labute approximate surface area is 196 Å². The average Bonchev–Trinajstić information content (AvgIpc) is 3.12. The summed E-state index contributed by atoms with van der Waals surface area (Å²) in [5.41, 5.74) is 0.161. The van der Waals surface area contributed by atoms with Gasteiger partial charge in [0, 0.05) is 0 Å². The second-order valence-electron chi connectivity index (χ2n) is 7.72. The number of amidine groups is 1. The zero-order valence-corrected chi connectivity index (χ0v) is 19.3. The summed E-state index contributed by atoms with van der Waals surface area (Å²) >= 11 is 1.09. The van der Waals surface area contributed by atoms with Crippen molar-refractivity contribution in [2.45, 2.75) is 51.6 Å². The van der Waals surface area contributed by atoms with Gasteiger partial charge in [-0.3, -0.25) is 4.79 Å². The van der Waals surface area contributed by atoms with Crippen molar-refractivity contribution in [2.24, 2.45) is 4.99 Å². The normalized spacial score (nSPS) is 16.4. The summed E-state index contributed by atoms with van der Waals surface area (Å²) in [6.07, 6.45) is 4.50. The van der Waals surface area contributed by atoms with Gasteiger partial charge in [-0.1, -0.05) is 57.2 Å². The van der Waals surface area contributed by atoms with E-state index in [1.165, 1.54) is 44.2 Å². The Morgan fingerprint density at radius 3 is 2.48 bits per heavy atom. The van der Waals surface area contributed by atoms with Gasteiger partial charge in [-0.15, -0.1) is 0 Å². The summed E-state index contributed by atoms with van der Waals surface area (Å²) in [5, 5.41) is 2.83. The molecule has 33 heavy (non-hydrogen) atoms. The van der Waals surface area contributed by atoms with Gasteiger partial charge in [-0.05, 0) is 60.2 Å². The van der Waals surface area contributed by atoms with Crippen LogP contribution >= 0.6 is 11.8 Å². The molecule has 0 bridgehead atoms. The molecule has 0 saturated carbocycles. The van der Waals surface area contributed by atoms with Crippen molar-refractivity contribution in [3.8, 4) is 5.75 Å². The van der Waals surface area contributed by atoms with Crippen LogP contribution in [-0.2, 0) is 11.0 Å². The number of nitrogens with zero attached hydrogens (tertiary/aromatic N) is 1. The van der Waals surface area contributed by atoms with Crippen molar-refractivity contribution in [1.29, 1.82) is 0 Å². The number of alkyl halides is 3. The number of halogens is 3. The molecule has 1 heterocycles. The number of nitrogens with one attached hydrogen (secondary N) is 1. The average molecular weight is 477 g/mol. The molecule has 0 unspecified atom stereocenters. The Balaban J connectivity index is 1.55. The monoisotopic (exact) mass is 476 g/mol. The molecule has 0 spiro atoms. The van der Waals surface area contributed by atoms with Gasteiger partial charge in [0.1, 0.15) is 5.75 Å². The van der Waals surface area contributed by atoms with Crippen molar-refractivity contribution in [3.63, 3.8) is 0 Å². The van der Waals surface area contributed by atoms with Crippen molar-refractivity contribution in [3.05, 3.63) is 64.6 Å². The fraction of sp³-hybridized carbons (Fsp3) is 0.360. The number of rotatable bonds is 10. The van der Waals surface area contributed by atoms with E-state index in [1.54, 1.807) is 6.08 Å². The van der Waals surface area contributed by atoms with Gasteiger partial charge in [0.25, 0.3) is 5.91 Å². The molecule has 0 aliphatic carbocycles. The fourth-order valence-electron chi connectivity index (χ4n) is 3.23. The molecule has 0 aromatic heterocycles. The molecule has 0 atom stereocenters. The predicted octanol–water partition coefficient (Wildman–Crippen LogP) is 7.34. The first kappa shape index (κ1) is 24.9. The second kappa shape index (κ2) is 11.9. The van der Waals surface area contributed by atoms with Gasteiger partial charge in [0.2, 0.25) is 0 Å². The first-order valence-corrected chi connectivity index (χ1v) is 11.9. The summed E-state index contributed by atoms with van der Waals surface area (Å²) in [6.45, 7) is 2.88. The largest absolute Gasteiger partial charge is 0.494 e. The summed E-state index contributed by atoms with van der Waals surface area (Å²) < 4.78 is 44.4. The maximum atomic E-state index is 12.9. The number of hydrogen-bond acceptors (Lipinski definition) is 4. The smallest absolute Gasteiger partial charge is 0.416 e. The Hall–Kier alpha value is -2.74. The molecule has 8 heteroatoms. The highest BCUT2D eigenvalue weighted by atomic mass is 32.2. The molecule has 1 amide bonds. The Morgan fingerprint density at radius 2 is 1.76 bits per heavy atom. The minimum Gasteiger partial charge on any atom is -0.494 e. The van der Waals surface area contributed by atoms with E-state index in [-0.39, 0.29) is 16.8 Å². The lowest BCUT2D eigenvalue weighted by Gasteiger charge is -2.06. The lowest BCUT2D eigenvalue weighted by molar-refractivity contribution is -0.137. The molecule has 3 rings (SSSR count). The third-order valence-electron chi connectivity index (χ3n) is 5.00. The van der Waals surface area contributed by atoms with E-state index >= 15 is 0 Å². The van der Waals surface area contributed by atoms with E-state index in [1.807, 2.05) is 24.3 Å². The molecule has 2 aromatic rings. The van der Waals surface area contributed by atoms with Crippen LogP contribution < -0.4 is 10.1 Å². The summed E-state index contributed by atoms with van der Waals surface area (Å²) in [5.74, 6) is 0.440. The number of amides is 1. The van der Waals surface area contributed by atoms with Gasteiger partial charge in [0.05, 0.1) is 22.8 Å². The number of carbonyl (C=O) groups is 1. The number of unbranched alkanes of at least 4 members (excludes halogenated alkanes) is 5. The molecule has 1 aliphatic rings. The van der Waals surface area contributed by atoms with Crippen LogP contribution in [0, 0.1) is 0 Å². The van der Waals surface area contributed by atoms with Crippen LogP contribution in [0.1, 0.15) is 56.6 Å². The zero-order valence-electron chi connectivity index (χ0n) is 18.5. The van der Waals surface area contributed by atoms with Crippen LogP contribution in [0.15, 0.2) is 58.4 Å². The van der Waals surface area contributed by atoms with E-state index in [4.69, 9.17) is 4.74 Å². The first-order chi connectivity index (χ1) is 15.8. The predicted molar refractivity (Wildman–Crippen MR) is 128 cm³/mol. The van der Waals surface area contributed by atoms with Gasteiger partial charge >= 0.3 is 6.18 Å². The van der Waals surface area contributed by atoms with Gasteiger partial charge in [-0.25, -0.2) is 4.99 Å². The minimum atomic E-state index is -4.45. The molecule has 176 valence electrons. The number of benzene rings is 2. The first-order valence-electron chi connectivity index (χ1n) is 11.0. The molecule has 1 saturated heterocycles. The highest BCUT2D eigenvalue weighted by Gasteiger charge is 2.30. The molecule has 1 fully saturated rings. The molecule has 4 nitrogen and oxygen atoms in total. The molecule has 1 N–H and O–H groups in total. The molecule has 0 radical (unpaired) electrons. The van der Waals surface area contributed by atoms with E-state index in [9.17, 15) is 18.0 Å². The molecular formula is C25H27F3N2O2S. The highest BCUT2D eigenvalue weighted by molar-refractivity contribution is 8.18. The minimum absolute atomic E-state index is 0.126. The lowest BCUT2D eigenvalue weighted by atomic mass is 10.1. The highest BCUT2D eigenvalue weighted by Crippen LogP contribution is 2.33. The number of carbonyl (C=O) groups excluding carboxylic acids is 1. The van der Waals surface area contributed by atoms with Crippen LogP contribution in [0.4, 0.5) is 18.9 Å². The molecule has 2 aromatic carbocycles. The lowest BCUT2D eigenvalue weighted by Crippen LogP contribution is -2.19. The maximum absolute atomic E-state index is 12.9. The van der Waals surface area contributed by atoms with E-state index in [0.717, 1.165) is 41.6 Å². The summed E-state index contributed by atoms with van der Waals surface area (Å²) in [6, 6.07) is 12.1. The van der Waals surface area contributed by atoms with Gasteiger partial charge < -0.3 is 10.1 Å². The second-order valence-corrected chi connectivity index (χ2v) is 8.75. The van der Waals surface area contributed by atoms with Crippen molar-refractivity contribution >= 4 is 34.6 Å². The van der Waals surface area contributed by atoms with Crippen LogP contribution in [0.3, 0.4) is 0 Å². The summed E-state index contributed by atoms with van der Waals surface area (Å²) in [7, 11) is 0. The third kappa shape index (κ3) is 7.96. The van der Waals surface area contributed by atoms with Crippen LogP contribution in [-0.4, -0.2) is 17.7 Å². The molecular weight excluding hydrogens is 449 g/mol.